The Kier molecular flexibility index (Phi) is 31.5. The molecule has 0 aromatic carbocycles. The van der Waals surface area contributed by atoms with E-state index in [0.717, 1.165) is 102 Å². The molecule has 0 amide bonds. The predicted molar refractivity (Wildman–Crippen MR) is 420 cm³/mol. The molecule has 706 valence electrons. The standard InChI is InChI=1S/C87H124O39/c1-38-62(109-42(5)90)67(113-46(9)94)73(118-51(14)99)78(106-38)124-65-57(35-103-40(3)88)121-76(72(117-50(13)98)70(65)116-49(12)97)104-37-58-64(111-44(7)92)69(115-48(11)96)75(120-53(16)101)80(122-58)126-81(102)87-32-30-82(17,18)34-55(87)54-24-25-60-84(21)28-27-61(83(19,20)59(84)26-29-86(60,23)85(54,22)31-33-87)123-77-71(66(112-45(8)93)56(36-105-77)108-41(4)89)125-79-74(119-52(15)100)68(114-47(10)95)63(39(2)107-79)110-43(6)91/h24,38-39,55-80H,25-37H2,1-23H3/t38-,39-,55-,56-,57+,58+,59-,60+,61-,62-,63-,64+,65+,66-,67+,68+,69-,70-,71+,72+,73+,74+,75+,76+,77-,78-,79-,80-,84-,85+,86+,87-/m0/s1. The van der Waals surface area contributed by atoms with Gasteiger partial charge in [-0.25, -0.2) is 0 Å². The van der Waals surface area contributed by atoms with Gasteiger partial charge in [0, 0.05) is 96.9 Å². The van der Waals surface area contributed by atoms with Crippen LogP contribution < -0.4 is 0 Å². The van der Waals surface area contributed by atoms with E-state index in [2.05, 4.69) is 54.5 Å². The largest absolute Gasteiger partial charge is 0.463 e. The number of carbonyl (C=O) groups is 15. The maximum absolute atomic E-state index is 16.3. The molecular formula is C87H124O39. The van der Waals surface area contributed by atoms with Crippen molar-refractivity contribution in [3.05, 3.63) is 11.6 Å². The van der Waals surface area contributed by atoms with Crippen LogP contribution in [0.5, 0.6) is 0 Å². The van der Waals surface area contributed by atoms with Crippen LogP contribution in [-0.4, -0.2) is 263 Å². The number of ether oxygens (including phenoxy) is 24. The number of hydrogen-bond acceptors (Lipinski definition) is 39. The molecule has 0 bridgehead atoms. The first-order valence-electron chi connectivity index (χ1n) is 42.8. The second-order valence-corrected chi connectivity index (χ2v) is 36.8. The summed E-state index contributed by atoms with van der Waals surface area (Å²) in [6, 6.07) is 0. The Morgan fingerprint density at radius 3 is 1.25 bits per heavy atom. The third-order valence-corrected chi connectivity index (χ3v) is 26.9. The van der Waals surface area contributed by atoms with Crippen molar-refractivity contribution < 1.29 is 186 Å². The van der Waals surface area contributed by atoms with E-state index < -0.39 is 284 Å². The lowest BCUT2D eigenvalue weighted by Gasteiger charge is -2.71. The lowest BCUT2D eigenvalue weighted by atomic mass is 9.33. The first-order chi connectivity index (χ1) is 58.7. The summed E-state index contributed by atoms with van der Waals surface area (Å²) < 4.78 is 146. The van der Waals surface area contributed by atoms with Gasteiger partial charge in [-0.2, -0.15) is 0 Å². The quantitative estimate of drug-likeness (QED) is 0.0387. The Labute approximate surface area is 731 Å². The van der Waals surface area contributed by atoms with Crippen LogP contribution in [0.4, 0.5) is 0 Å². The molecule has 5 aliphatic heterocycles. The van der Waals surface area contributed by atoms with E-state index in [0.29, 0.717) is 57.8 Å². The van der Waals surface area contributed by atoms with Crippen LogP contribution >= 0.6 is 0 Å². The molecule has 9 fully saturated rings. The van der Waals surface area contributed by atoms with Crippen molar-refractivity contribution in [2.45, 2.75) is 377 Å². The summed E-state index contributed by atoms with van der Waals surface area (Å²) in [5.41, 5.74) is -2.52. The van der Waals surface area contributed by atoms with Crippen LogP contribution in [-0.2, 0) is 186 Å². The summed E-state index contributed by atoms with van der Waals surface area (Å²) in [7, 11) is 0. The number of esters is 15. The monoisotopic (exact) mass is 1790 g/mol. The van der Waals surface area contributed by atoms with Crippen molar-refractivity contribution in [2.75, 3.05) is 19.8 Å². The van der Waals surface area contributed by atoms with Crippen molar-refractivity contribution in [1.29, 1.82) is 0 Å². The van der Waals surface area contributed by atoms with Crippen LogP contribution in [0, 0.1) is 50.2 Å². The van der Waals surface area contributed by atoms with Gasteiger partial charge in [0.25, 0.3) is 0 Å². The molecular weight excluding hydrogens is 1670 g/mol. The molecule has 5 heterocycles. The molecule has 0 aromatic rings. The second kappa shape index (κ2) is 39.8. The molecule has 0 spiro atoms. The van der Waals surface area contributed by atoms with E-state index in [4.69, 9.17) is 114 Å². The summed E-state index contributed by atoms with van der Waals surface area (Å²) in [5.74, 6) is -13.7. The number of hydrogen-bond donors (Lipinski definition) is 0. The van der Waals surface area contributed by atoms with Gasteiger partial charge in [0.05, 0.1) is 36.9 Å². The maximum Gasteiger partial charge on any atom is 0.315 e. The second-order valence-electron chi connectivity index (χ2n) is 36.8. The minimum absolute atomic E-state index is 0.0241. The lowest BCUT2D eigenvalue weighted by Crippen LogP contribution is -2.67. The zero-order valence-corrected chi connectivity index (χ0v) is 75.9. The first kappa shape index (κ1) is 99.6. The number of carbonyl (C=O) groups excluding carboxylic acids is 15. The molecule has 10 aliphatic rings. The third kappa shape index (κ3) is 21.8. The normalized spacial score (nSPS) is 39.5. The van der Waals surface area contributed by atoms with Crippen molar-refractivity contribution in [3.63, 3.8) is 0 Å². The molecule has 0 radical (unpaired) electrons. The zero-order valence-electron chi connectivity index (χ0n) is 75.9. The van der Waals surface area contributed by atoms with E-state index in [-0.39, 0.29) is 29.3 Å². The van der Waals surface area contributed by atoms with Gasteiger partial charge in [-0.05, 0) is 123 Å². The first-order valence-corrected chi connectivity index (χ1v) is 42.8. The molecule has 32 atom stereocenters. The highest BCUT2D eigenvalue weighted by atomic mass is 16.8. The summed E-state index contributed by atoms with van der Waals surface area (Å²) in [6.45, 7) is 31.6. The van der Waals surface area contributed by atoms with E-state index in [1.807, 2.05) is 0 Å². The lowest BCUT2D eigenvalue weighted by molar-refractivity contribution is -0.365. The minimum atomic E-state index is -1.99. The molecule has 0 aromatic heterocycles. The Hall–Kier alpha value is -8.57. The van der Waals surface area contributed by atoms with Gasteiger partial charge in [0.2, 0.25) is 12.4 Å². The van der Waals surface area contributed by atoms with Crippen LogP contribution in [0.1, 0.15) is 223 Å². The predicted octanol–water partition coefficient (Wildman–Crippen LogP) is 6.47. The van der Waals surface area contributed by atoms with E-state index >= 15 is 4.79 Å². The van der Waals surface area contributed by atoms with Gasteiger partial charge < -0.3 is 114 Å². The van der Waals surface area contributed by atoms with Crippen molar-refractivity contribution >= 4 is 89.5 Å². The molecule has 39 nitrogen and oxygen atoms in total. The molecule has 4 saturated carbocycles. The van der Waals surface area contributed by atoms with Gasteiger partial charge >= 0.3 is 89.5 Å². The van der Waals surface area contributed by atoms with Gasteiger partial charge in [0.1, 0.15) is 24.9 Å². The maximum atomic E-state index is 16.3. The van der Waals surface area contributed by atoms with E-state index in [9.17, 15) is 67.1 Å². The Morgan fingerprint density at radius 2 is 0.762 bits per heavy atom. The third-order valence-electron chi connectivity index (χ3n) is 26.9. The Balaban J connectivity index is 0.951. The number of rotatable bonds is 26. The Bertz CT molecular complexity index is 4120. The summed E-state index contributed by atoms with van der Waals surface area (Å²) in [4.78, 5) is 198. The van der Waals surface area contributed by atoms with Crippen LogP contribution in [0.25, 0.3) is 0 Å². The molecule has 10 rings (SSSR count). The summed E-state index contributed by atoms with van der Waals surface area (Å²) in [6.07, 6.45) is -31.9. The van der Waals surface area contributed by atoms with E-state index in [1.54, 1.807) is 0 Å². The zero-order chi connectivity index (χ0) is 93.3. The molecule has 5 aliphatic carbocycles. The Morgan fingerprint density at radius 1 is 0.357 bits per heavy atom. The molecule has 39 heteroatoms. The van der Waals surface area contributed by atoms with Gasteiger partial charge in [0.15, 0.2) is 105 Å². The van der Waals surface area contributed by atoms with Crippen molar-refractivity contribution in [1.82, 2.24) is 0 Å². The average molecular weight is 1790 g/mol. The van der Waals surface area contributed by atoms with Crippen LogP contribution in [0.3, 0.4) is 0 Å². The molecule has 126 heavy (non-hydrogen) atoms. The average Bonchev–Trinajstić information content (AvgIpc) is 0.673. The summed E-state index contributed by atoms with van der Waals surface area (Å²) >= 11 is 0. The van der Waals surface area contributed by atoms with Crippen LogP contribution in [0.2, 0.25) is 0 Å². The molecule has 5 saturated heterocycles. The fourth-order valence-electron chi connectivity index (χ4n) is 21.8. The van der Waals surface area contributed by atoms with Gasteiger partial charge in [-0.1, -0.05) is 60.1 Å². The molecule has 0 unspecified atom stereocenters. The van der Waals surface area contributed by atoms with Crippen LogP contribution in [0.15, 0.2) is 11.6 Å². The highest BCUT2D eigenvalue weighted by molar-refractivity contribution is 5.79. The topological polar surface area (TPSA) is 478 Å². The summed E-state index contributed by atoms with van der Waals surface area (Å²) in [5, 5.41) is 0. The highest BCUT2D eigenvalue weighted by Gasteiger charge is 2.71. The fourth-order valence-corrected chi connectivity index (χ4v) is 21.8. The number of allylic oxidation sites excluding steroid dienone is 2. The van der Waals surface area contributed by atoms with Crippen molar-refractivity contribution in [2.24, 2.45) is 50.2 Å². The number of fused-ring (bicyclic) bond motifs is 7. The van der Waals surface area contributed by atoms with Gasteiger partial charge in [-0.15, -0.1) is 0 Å². The van der Waals surface area contributed by atoms with Gasteiger partial charge in [-0.3, -0.25) is 71.9 Å². The highest BCUT2D eigenvalue weighted by Crippen LogP contribution is 2.76. The minimum Gasteiger partial charge on any atom is -0.463 e. The molecule has 0 N–H and O–H groups in total. The van der Waals surface area contributed by atoms with E-state index in [1.165, 1.54) is 20.8 Å². The SMILES string of the molecule is CC(=O)OC[C@H]1O[C@@H](OC[C@H]2O[C@@H](OC(=O)[C@]34CCC(C)(C)C[C@H]3C3=CC[C@@H]5[C@@]6(C)CC[C@H](O[C@@H]7OC[C@H](OC(C)=O)[C@H](OC(C)=O)[C@H]7O[C@@H]7O[C@@H](C)[C@H](OC(C)=O)[C@@H](OC(C)=O)[C@H]7OC(C)=O)C(C)(C)[C@@H]6CC[C@@]5(C)[C@]3(C)CC4)[C@H](OC(C)=O)[C@@H](OC(C)=O)[C@@H]2OC(C)=O)[C@H](OC(C)=O)[C@@H](OC(C)=O)[C@@H]1O[C@@H]1O[C@@H](C)[C@H](OC(C)=O)[C@@H](OC(C)=O)[C@H]1OC(C)=O. The smallest absolute Gasteiger partial charge is 0.315 e. The fraction of sp³-hybridized carbons (Fsp3) is 0.805. The van der Waals surface area contributed by atoms with Crippen molar-refractivity contribution in [3.8, 4) is 0 Å².